The standard InChI is InChI=1S/C37H32N6O4S2/c1-21(23-11-7-5-8-12-23)48-25-15-17-27-29(19-25)40-42(38-27)31-33(44)32(35-36(34(31)45)47-37(3,4)46-35)43-39-28-18-16-26(20-30(28)41-43)49-22(2)24-13-9-6-10-14-24/h5-22,44-45H,1-4H3. The number of nitrogens with zero attached hydrogens (tertiary/aromatic N) is 6. The van der Waals surface area contributed by atoms with E-state index in [1.165, 1.54) is 20.7 Å². The van der Waals surface area contributed by atoms with Crippen LogP contribution in [-0.4, -0.2) is 46.0 Å². The first-order valence-corrected chi connectivity index (χ1v) is 17.6. The summed E-state index contributed by atoms with van der Waals surface area (Å²) in [5, 5.41) is 42.5. The van der Waals surface area contributed by atoms with Crippen LogP contribution in [0.1, 0.15) is 49.3 Å². The smallest absolute Gasteiger partial charge is 0.246 e. The highest BCUT2D eigenvalue weighted by Gasteiger charge is 2.41. The molecule has 0 spiro atoms. The molecule has 0 amide bonds. The number of ether oxygens (including phenoxy) is 2. The molecule has 0 fully saturated rings. The normalized spacial score (nSPS) is 14.8. The maximum atomic E-state index is 11.9. The Morgan fingerprint density at radius 1 is 0.571 bits per heavy atom. The fourth-order valence-electron chi connectivity index (χ4n) is 5.86. The Hall–Kier alpha value is -5.20. The highest BCUT2D eigenvalue weighted by atomic mass is 32.2. The summed E-state index contributed by atoms with van der Waals surface area (Å²) < 4.78 is 12.1. The molecule has 2 aromatic heterocycles. The van der Waals surface area contributed by atoms with Crippen LogP contribution in [0.5, 0.6) is 23.0 Å². The first-order chi connectivity index (χ1) is 23.6. The van der Waals surface area contributed by atoms with Gasteiger partial charge in [0.1, 0.15) is 22.1 Å². The molecular weight excluding hydrogens is 657 g/mol. The summed E-state index contributed by atoms with van der Waals surface area (Å²) in [5.41, 5.74) is 4.91. The molecule has 1 aliphatic rings. The Morgan fingerprint density at radius 2 is 1.02 bits per heavy atom. The van der Waals surface area contributed by atoms with Crippen molar-refractivity contribution >= 4 is 45.6 Å². The van der Waals surface area contributed by atoms with Gasteiger partial charge in [0.05, 0.1) is 0 Å². The lowest BCUT2D eigenvalue weighted by Gasteiger charge is -2.16. The Labute approximate surface area is 290 Å². The van der Waals surface area contributed by atoms with Crippen molar-refractivity contribution < 1.29 is 19.7 Å². The largest absolute Gasteiger partial charge is 0.504 e. The van der Waals surface area contributed by atoms with Crippen LogP contribution in [0.3, 0.4) is 0 Å². The van der Waals surface area contributed by atoms with Gasteiger partial charge in [-0.1, -0.05) is 60.7 Å². The second-order valence-electron chi connectivity index (χ2n) is 12.3. The molecule has 2 unspecified atom stereocenters. The van der Waals surface area contributed by atoms with Crippen LogP contribution in [0.15, 0.2) is 107 Å². The number of phenolic OH excluding ortho intramolecular Hbond substituents is 2. The third-order valence-corrected chi connectivity index (χ3v) is 10.6. The SMILES string of the molecule is CC(Sc1ccc2nn(-c3c(O)c4c(c(-n5nc6ccc(SC(C)c7ccccc7)cc6n5)c3O)OC(C)(C)O4)nc2c1)c1ccccc1. The maximum absolute atomic E-state index is 11.9. The minimum Gasteiger partial charge on any atom is -0.504 e. The van der Waals surface area contributed by atoms with Crippen LogP contribution >= 0.6 is 23.5 Å². The quantitative estimate of drug-likeness (QED) is 0.150. The molecule has 0 saturated carbocycles. The van der Waals surface area contributed by atoms with Gasteiger partial charge >= 0.3 is 0 Å². The molecule has 5 aromatic carbocycles. The lowest BCUT2D eigenvalue weighted by Crippen LogP contribution is -2.30. The zero-order valence-corrected chi connectivity index (χ0v) is 28.7. The lowest BCUT2D eigenvalue weighted by atomic mass is 10.2. The monoisotopic (exact) mass is 688 g/mol. The second-order valence-corrected chi connectivity index (χ2v) is 15.1. The molecule has 12 heteroatoms. The van der Waals surface area contributed by atoms with Crippen LogP contribution in [0.2, 0.25) is 0 Å². The molecular formula is C37H32N6O4S2. The Balaban J connectivity index is 1.18. The van der Waals surface area contributed by atoms with Gasteiger partial charge in [0, 0.05) is 34.1 Å². The average Bonchev–Trinajstić information content (AvgIpc) is 3.79. The van der Waals surface area contributed by atoms with Gasteiger partial charge in [0.25, 0.3) is 0 Å². The topological polar surface area (TPSA) is 120 Å². The molecule has 49 heavy (non-hydrogen) atoms. The van der Waals surface area contributed by atoms with Gasteiger partial charge in [-0.2, -0.15) is 0 Å². The van der Waals surface area contributed by atoms with E-state index in [0.29, 0.717) is 22.1 Å². The first kappa shape index (κ1) is 31.1. The van der Waals surface area contributed by atoms with Crippen molar-refractivity contribution in [2.24, 2.45) is 0 Å². The van der Waals surface area contributed by atoms with E-state index >= 15 is 0 Å². The van der Waals surface area contributed by atoms with E-state index in [-0.39, 0.29) is 44.9 Å². The van der Waals surface area contributed by atoms with Crippen molar-refractivity contribution in [3.63, 3.8) is 0 Å². The molecule has 0 bridgehead atoms. The van der Waals surface area contributed by atoms with E-state index in [1.54, 1.807) is 37.4 Å². The summed E-state index contributed by atoms with van der Waals surface area (Å²) in [6.45, 7) is 7.75. The van der Waals surface area contributed by atoms with Crippen molar-refractivity contribution in [3.05, 3.63) is 108 Å². The third kappa shape index (κ3) is 5.80. The van der Waals surface area contributed by atoms with Crippen molar-refractivity contribution in [2.45, 2.75) is 53.8 Å². The Bertz CT molecular complexity index is 2340. The van der Waals surface area contributed by atoms with Gasteiger partial charge in [-0.3, -0.25) is 0 Å². The van der Waals surface area contributed by atoms with Gasteiger partial charge in [-0.15, -0.1) is 53.5 Å². The Kier molecular flexibility index (Phi) is 7.64. The molecule has 8 rings (SSSR count). The minimum atomic E-state index is -1.13. The number of thioether (sulfide) groups is 2. The number of fused-ring (bicyclic) bond motifs is 3. The van der Waals surface area contributed by atoms with Gasteiger partial charge in [0.15, 0.2) is 22.9 Å². The minimum absolute atomic E-state index is 0.0383. The summed E-state index contributed by atoms with van der Waals surface area (Å²) in [6, 6.07) is 32.3. The lowest BCUT2D eigenvalue weighted by molar-refractivity contribution is -0.0440. The van der Waals surface area contributed by atoms with Crippen LogP contribution in [0, 0.1) is 0 Å². The predicted molar refractivity (Wildman–Crippen MR) is 191 cm³/mol. The van der Waals surface area contributed by atoms with Gasteiger partial charge in [-0.25, -0.2) is 0 Å². The van der Waals surface area contributed by atoms with Crippen LogP contribution in [-0.2, 0) is 0 Å². The van der Waals surface area contributed by atoms with Gasteiger partial charge in [0.2, 0.25) is 17.3 Å². The molecule has 246 valence electrons. The number of benzene rings is 5. The number of aromatic nitrogens is 6. The molecule has 7 aromatic rings. The summed E-state index contributed by atoms with van der Waals surface area (Å²) in [5.74, 6) is -1.71. The highest BCUT2D eigenvalue weighted by Crippen LogP contribution is 2.56. The zero-order valence-electron chi connectivity index (χ0n) is 27.1. The molecule has 0 saturated heterocycles. The zero-order chi connectivity index (χ0) is 33.9. The van der Waals surface area contributed by atoms with E-state index in [0.717, 1.165) is 9.79 Å². The van der Waals surface area contributed by atoms with Crippen molar-refractivity contribution in [2.75, 3.05) is 0 Å². The fourth-order valence-corrected chi connectivity index (χ4v) is 7.91. The van der Waals surface area contributed by atoms with Crippen LogP contribution in [0.25, 0.3) is 33.4 Å². The molecule has 10 nitrogen and oxygen atoms in total. The predicted octanol–water partition coefficient (Wildman–Crippen LogP) is 8.78. The van der Waals surface area contributed by atoms with Gasteiger partial charge in [-0.05, 0) is 61.4 Å². The molecule has 3 heterocycles. The fraction of sp³-hybridized carbons (Fsp3) is 0.189. The number of rotatable bonds is 8. The summed E-state index contributed by atoms with van der Waals surface area (Å²) in [7, 11) is 0. The van der Waals surface area contributed by atoms with Crippen molar-refractivity contribution in [3.8, 4) is 34.4 Å². The van der Waals surface area contributed by atoms with Crippen molar-refractivity contribution in [1.82, 2.24) is 30.0 Å². The maximum Gasteiger partial charge on any atom is 0.246 e. The van der Waals surface area contributed by atoms with Crippen molar-refractivity contribution in [1.29, 1.82) is 0 Å². The highest BCUT2D eigenvalue weighted by molar-refractivity contribution is 7.99. The molecule has 2 atom stereocenters. The number of hydrogen-bond donors (Lipinski definition) is 2. The number of aromatic hydroxyl groups is 2. The molecule has 0 radical (unpaired) electrons. The summed E-state index contributed by atoms with van der Waals surface area (Å²) in [6.07, 6.45) is 0. The van der Waals surface area contributed by atoms with E-state index in [2.05, 4.69) is 53.4 Å². The summed E-state index contributed by atoms with van der Waals surface area (Å²) in [4.78, 5) is 4.57. The van der Waals surface area contributed by atoms with E-state index in [9.17, 15) is 10.2 Å². The molecule has 2 N–H and O–H groups in total. The van der Waals surface area contributed by atoms with Crippen LogP contribution < -0.4 is 9.47 Å². The van der Waals surface area contributed by atoms with Gasteiger partial charge < -0.3 is 19.7 Å². The van der Waals surface area contributed by atoms with E-state index in [4.69, 9.17) is 14.6 Å². The molecule has 0 aliphatic carbocycles. The van der Waals surface area contributed by atoms with E-state index in [1.807, 2.05) is 72.8 Å². The second kappa shape index (κ2) is 12.0. The number of phenols is 2. The molecule has 1 aliphatic heterocycles. The number of hydrogen-bond acceptors (Lipinski definition) is 10. The Morgan fingerprint density at radius 3 is 1.53 bits per heavy atom. The first-order valence-electron chi connectivity index (χ1n) is 15.8. The van der Waals surface area contributed by atoms with Crippen LogP contribution in [0.4, 0.5) is 0 Å². The van der Waals surface area contributed by atoms with E-state index < -0.39 is 5.79 Å². The third-order valence-electron chi connectivity index (χ3n) is 8.27. The average molecular weight is 689 g/mol. The summed E-state index contributed by atoms with van der Waals surface area (Å²) >= 11 is 3.43.